The molecule has 3 nitrogen and oxygen atoms in total. The highest BCUT2D eigenvalue weighted by atomic mass is 35.5. The Bertz CT molecular complexity index is 837. The Balaban J connectivity index is 0.00000131. The van der Waals surface area contributed by atoms with Crippen molar-refractivity contribution < 1.29 is 17.0 Å². The zero-order chi connectivity index (χ0) is 15.0. The lowest BCUT2D eigenvalue weighted by molar-refractivity contribution is -0.592. The monoisotopic (exact) mass is 341 g/mol. The summed E-state index contributed by atoms with van der Waals surface area (Å²) in [7, 11) is 0. The summed E-state index contributed by atoms with van der Waals surface area (Å²) in [6, 6.07) is 10.4. The van der Waals surface area contributed by atoms with Crippen LogP contribution in [-0.4, -0.2) is 40.4 Å². The average molecular weight is 342 g/mol. The second kappa shape index (κ2) is 5.34. The summed E-state index contributed by atoms with van der Waals surface area (Å²) in [5, 5.41) is 5.34. The summed E-state index contributed by atoms with van der Waals surface area (Å²) >= 11 is 0. The second-order valence-corrected chi connectivity index (χ2v) is 7.89. The molecular formula is C20H24ClN3. The maximum absolute atomic E-state index is 3.89. The van der Waals surface area contributed by atoms with Crippen molar-refractivity contribution >= 4 is 16.6 Å². The van der Waals surface area contributed by atoms with Crippen molar-refractivity contribution in [3.05, 3.63) is 35.5 Å². The molecule has 0 spiro atoms. The maximum Gasteiger partial charge on any atom is 0.204 e. The first kappa shape index (κ1) is 15.0. The Morgan fingerprint density at radius 3 is 2.96 bits per heavy atom. The van der Waals surface area contributed by atoms with Crippen LogP contribution < -0.4 is 17.7 Å². The maximum atomic E-state index is 3.89. The molecule has 126 valence electrons. The van der Waals surface area contributed by atoms with Crippen LogP contribution in [0.25, 0.3) is 10.9 Å². The van der Waals surface area contributed by atoms with Gasteiger partial charge in [0, 0.05) is 35.7 Å². The molecule has 4 aliphatic heterocycles. The van der Waals surface area contributed by atoms with Crippen molar-refractivity contribution in [1.82, 2.24) is 10.3 Å². The first-order valence-electron chi connectivity index (χ1n) is 9.38. The number of nitrogens with zero attached hydrogens (tertiary/aromatic N) is 1. The van der Waals surface area contributed by atoms with Crippen LogP contribution in [0.15, 0.2) is 24.3 Å². The van der Waals surface area contributed by atoms with E-state index < -0.39 is 0 Å². The van der Waals surface area contributed by atoms with Crippen molar-refractivity contribution in [2.75, 3.05) is 13.1 Å². The van der Waals surface area contributed by atoms with Gasteiger partial charge in [0.25, 0.3) is 0 Å². The number of rotatable bonds is 0. The van der Waals surface area contributed by atoms with Crippen LogP contribution in [-0.2, 0) is 6.42 Å². The van der Waals surface area contributed by atoms with E-state index in [2.05, 4.69) is 39.1 Å². The van der Waals surface area contributed by atoms with E-state index in [1.165, 1.54) is 61.8 Å². The van der Waals surface area contributed by atoms with Gasteiger partial charge in [-0.2, -0.15) is 0 Å². The fourth-order valence-corrected chi connectivity index (χ4v) is 6.17. The van der Waals surface area contributed by atoms with Crippen molar-refractivity contribution in [2.45, 2.75) is 44.2 Å². The smallest absolute Gasteiger partial charge is 0.204 e. The standard InChI is InChI=1S/C20H23N3.ClH/c1-2-6-16-12(4-1)13-9-11-23-17-8-7-15(20(23)19(13)22-16)18-14(17)5-3-10-21-18;/h1-2,4,6,14-15,17-18,21H,3,5,7-11H2;1H/t14-,15+,17-,18-;/m1./s1. The molecule has 0 radical (unpaired) electrons. The SMILES string of the molecule is [Cl-].c1ccc2c3c([nH]c2c1)C1=[N+](CC3)[C@@H]2CC[C@H]1[C@@H]1NCCC[C@@H]12. The van der Waals surface area contributed by atoms with E-state index in [-0.39, 0.29) is 12.4 Å². The number of benzene rings is 1. The quantitative estimate of drug-likeness (QED) is 0.633. The lowest BCUT2D eigenvalue weighted by Crippen LogP contribution is -3.00. The van der Waals surface area contributed by atoms with Crippen molar-refractivity contribution in [3.63, 3.8) is 0 Å². The van der Waals surface area contributed by atoms with Crippen LogP contribution in [0.5, 0.6) is 0 Å². The predicted molar refractivity (Wildman–Crippen MR) is 92.3 cm³/mol. The lowest BCUT2D eigenvalue weighted by atomic mass is 9.64. The third-order valence-electron chi connectivity index (χ3n) is 6.99. The number of para-hydroxylation sites is 1. The number of piperidine rings is 1. The van der Waals surface area contributed by atoms with Crippen molar-refractivity contribution in [1.29, 1.82) is 0 Å². The highest BCUT2D eigenvalue weighted by molar-refractivity contribution is 6.05. The summed E-state index contributed by atoms with van der Waals surface area (Å²) in [5.74, 6) is 1.61. The van der Waals surface area contributed by atoms with E-state index in [1.807, 2.05) is 0 Å². The van der Waals surface area contributed by atoms with Crippen LogP contribution in [0.2, 0.25) is 0 Å². The van der Waals surface area contributed by atoms with Crippen LogP contribution in [0.3, 0.4) is 0 Å². The van der Waals surface area contributed by atoms with Gasteiger partial charge in [-0.05, 0) is 37.4 Å². The molecule has 2 fully saturated rings. The molecule has 1 saturated heterocycles. The molecular weight excluding hydrogens is 318 g/mol. The molecule has 1 saturated carbocycles. The van der Waals surface area contributed by atoms with Crippen molar-refractivity contribution in [2.24, 2.45) is 11.8 Å². The van der Waals surface area contributed by atoms with E-state index in [9.17, 15) is 0 Å². The number of fused-ring (bicyclic) bond motifs is 4. The van der Waals surface area contributed by atoms with Crippen LogP contribution in [0.1, 0.15) is 36.9 Å². The average Bonchev–Trinajstić information content (AvgIpc) is 3.01. The van der Waals surface area contributed by atoms with Gasteiger partial charge in [-0.3, -0.25) is 0 Å². The molecule has 2 bridgehead atoms. The molecule has 2 aromatic rings. The molecule has 7 rings (SSSR count). The second-order valence-electron chi connectivity index (χ2n) is 7.89. The highest BCUT2D eigenvalue weighted by Gasteiger charge is 2.56. The van der Waals surface area contributed by atoms with Crippen LogP contribution in [0, 0.1) is 11.8 Å². The first-order valence-corrected chi connectivity index (χ1v) is 9.38. The number of nitrogens with one attached hydrogen (secondary N) is 2. The fraction of sp³-hybridized carbons (Fsp3) is 0.550. The number of hydrogen-bond acceptors (Lipinski definition) is 1. The normalized spacial score (nSPS) is 33.7. The summed E-state index contributed by atoms with van der Waals surface area (Å²) in [4.78, 5) is 3.79. The van der Waals surface area contributed by atoms with Gasteiger partial charge >= 0.3 is 0 Å². The van der Waals surface area contributed by atoms with Gasteiger partial charge in [-0.1, -0.05) is 18.2 Å². The number of hydrogen-bond donors (Lipinski definition) is 2. The van der Waals surface area contributed by atoms with Gasteiger partial charge in [-0.25, -0.2) is 4.58 Å². The molecule has 1 aliphatic carbocycles. The van der Waals surface area contributed by atoms with Gasteiger partial charge in [0.1, 0.15) is 12.2 Å². The molecule has 4 atom stereocenters. The zero-order valence-corrected chi connectivity index (χ0v) is 14.6. The van der Waals surface area contributed by atoms with Gasteiger partial charge < -0.3 is 22.7 Å². The lowest BCUT2D eigenvalue weighted by Gasteiger charge is -2.49. The van der Waals surface area contributed by atoms with Crippen molar-refractivity contribution in [3.8, 4) is 0 Å². The number of H-pyrrole nitrogens is 1. The Hall–Kier alpha value is -1.32. The Morgan fingerprint density at radius 2 is 2.00 bits per heavy atom. The fourth-order valence-electron chi connectivity index (χ4n) is 6.17. The molecule has 4 heteroatoms. The molecule has 5 aliphatic rings. The Labute approximate surface area is 148 Å². The third-order valence-corrected chi connectivity index (χ3v) is 6.99. The number of halogens is 1. The molecule has 2 N–H and O–H groups in total. The van der Waals surface area contributed by atoms with Crippen LogP contribution >= 0.6 is 0 Å². The van der Waals surface area contributed by atoms with Gasteiger partial charge in [0.15, 0.2) is 6.04 Å². The van der Waals surface area contributed by atoms with E-state index >= 15 is 0 Å². The number of aromatic amines is 1. The van der Waals surface area contributed by atoms with Gasteiger partial charge in [-0.15, -0.1) is 0 Å². The minimum atomic E-state index is 0. The van der Waals surface area contributed by atoms with E-state index in [1.54, 1.807) is 11.3 Å². The molecule has 1 aromatic carbocycles. The first-order chi connectivity index (χ1) is 11.4. The Morgan fingerprint density at radius 1 is 1.08 bits per heavy atom. The number of aromatic nitrogens is 1. The molecule has 5 heterocycles. The van der Waals surface area contributed by atoms with E-state index in [0.29, 0.717) is 0 Å². The summed E-state index contributed by atoms with van der Waals surface area (Å²) in [5.41, 5.74) is 6.01. The van der Waals surface area contributed by atoms with Crippen LogP contribution in [0.4, 0.5) is 0 Å². The minimum absolute atomic E-state index is 0. The predicted octanol–water partition coefficient (Wildman–Crippen LogP) is -0.310. The van der Waals surface area contributed by atoms with E-state index in [4.69, 9.17) is 0 Å². The summed E-state index contributed by atoms with van der Waals surface area (Å²) in [6.45, 7) is 2.45. The molecule has 0 unspecified atom stereocenters. The topological polar surface area (TPSA) is 30.8 Å². The summed E-state index contributed by atoms with van der Waals surface area (Å²) in [6.07, 6.45) is 6.79. The summed E-state index contributed by atoms with van der Waals surface area (Å²) < 4.78 is 2.81. The highest BCUT2D eigenvalue weighted by Crippen LogP contribution is 2.44. The third kappa shape index (κ3) is 1.80. The molecule has 0 amide bonds. The Kier molecular flexibility index (Phi) is 3.33. The molecule has 24 heavy (non-hydrogen) atoms. The largest absolute Gasteiger partial charge is 1.00 e. The van der Waals surface area contributed by atoms with Gasteiger partial charge in [0.05, 0.1) is 5.92 Å². The van der Waals surface area contributed by atoms with Gasteiger partial charge in [0.2, 0.25) is 5.71 Å². The van der Waals surface area contributed by atoms with E-state index in [0.717, 1.165) is 23.9 Å². The molecule has 1 aromatic heterocycles. The minimum Gasteiger partial charge on any atom is -1.00 e. The zero-order valence-electron chi connectivity index (χ0n) is 13.9.